The van der Waals surface area contributed by atoms with Crippen LogP contribution >= 0.6 is 0 Å². The molecule has 1 heteroatoms. The predicted octanol–water partition coefficient (Wildman–Crippen LogP) is 5.66. The van der Waals surface area contributed by atoms with E-state index in [0.717, 1.165) is 37.5 Å². The average Bonchev–Trinajstić information content (AvgIpc) is 2.41. The molecular weight excluding hydrogens is 220 g/mol. The lowest BCUT2D eigenvalue weighted by Crippen LogP contribution is -2.15. The number of aliphatic hydroxyl groups is 1. The Morgan fingerprint density at radius 2 is 1.06 bits per heavy atom. The van der Waals surface area contributed by atoms with Crippen molar-refractivity contribution in [3.05, 3.63) is 0 Å². The highest BCUT2D eigenvalue weighted by Crippen LogP contribution is 2.27. The van der Waals surface area contributed by atoms with Gasteiger partial charge in [0, 0.05) is 2.74 Å². The second kappa shape index (κ2) is 10.8. The van der Waals surface area contributed by atoms with Crippen LogP contribution in [0.25, 0.3) is 0 Å². The van der Waals surface area contributed by atoms with Crippen LogP contribution in [0.5, 0.6) is 0 Å². The normalized spacial score (nSPS) is 36.8. The van der Waals surface area contributed by atoms with Gasteiger partial charge in [0.15, 0.2) is 0 Å². The third-order valence-corrected chi connectivity index (χ3v) is 3.95. The summed E-state index contributed by atoms with van der Waals surface area (Å²) in [5.74, 6) is 2.25. The van der Waals surface area contributed by atoms with E-state index < -0.39 is 0 Å². The van der Waals surface area contributed by atoms with Gasteiger partial charge in [0.1, 0.15) is 0 Å². The summed E-state index contributed by atoms with van der Waals surface area (Å²) in [4.78, 5) is 0. The van der Waals surface area contributed by atoms with Crippen molar-refractivity contribution in [1.29, 1.82) is 0 Å². The molecule has 0 atom stereocenters. The fourth-order valence-corrected chi connectivity index (χ4v) is 2.47. The lowest BCUT2D eigenvalue weighted by Gasteiger charge is -2.22. The Morgan fingerprint density at radius 3 is 1.44 bits per heavy atom. The molecule has 0 aliphatic heterocycles. The topological polar surface area (TPSA) is 20.2 Å². The smallest absolute Gasteiger partial charge is 0.0540 e. The van der Waals surface area contributed by atoms with Crippen LogP contribution in [0.2, 0.25) is 0 Å². The quantitative estimate of drug-likeness (QED) is 0.597. The molecule has 0 bridgehead atoms. The Morgan fingerprint density at radius 1 is 0.722 bits per heavy atom. The van der Waals surface area contributed by atoms with Gasteiger partial charge in [-0.3, -0.25) is 0 Å². The van der Waals surface area contributed by atoms with Gasteiger partial charge in [0.2, 0.25) is 0 Å². The van der Waals surface area contributed by atoms with Crippen molar-refractivity contribution in [2.24, 2.45) is 17.8 Å². The van der Waals surface area contributed by atoms with Crippen LogP contribution in [-0.4, -0.2) is 11.2 Å². The van der Waals surface area contributed by atoms with Crippen molar-refractivity contribution in [1.82, 2.24) is 0 Å². The summed E-state index contributed by atoms with van der Waals surface area (Å²) in [6.45, 7) is 3.53. The molecule has 1 N–H and O–H groups in total. The largest absolute Gasteiger partial charge is 0.393 e. The summed E-state index contributed by atoms with van der Waals surface area (Å²) in [5.41, 5.74) is 0. The molecule has 0 saturated heterocycles. The van der Waals surface area contributed by atoms with Crippen LogP contribution in [-0.2, 0) is 0 Å². The van der Waals surface area contributed by atoms with Crippen molar-refractivity contribution in [2.75, 3.05) is 0 Å². The Balaban J connectivity index is 0. The Labute approximate surface area is 119 Å². The third kappa shape index (κ3) is 8.97. The second-order valence-corrected chi connectivity index (χ2v) is 5.80. The zero-order valence-electron chi connectivity index (χ0n) is 12.8. The molecule has 1 nitrogen and oxygen atoms in total. The predicted molar refractivity (Wildman–Crippen MR) is 83.9 cm³/mol. The molecule has 0 heterocycles. The molecule has 0 aromatic heterocycles. The van der Waals surface area contributed by atoms with Crippen molar-refractivity contribution >= 4 is 0 Å². The summed E-state index contributed by atoms with van der Waals surface area (Å²) in [7, 11) is 0. The van der Waals surface area contributed by atoms with Crippen LogP contribution < -0.4 is 0 Å². The van der Waals surface area contributed by atoms with E-state index in [0.29, 0.717) is 19.7 Å². The molecule has 2 aliphatic rings. The molecule has 0 amide bonds. The lowest BCUT2D eigenvalue weighted by molar-refractivity contribution is 0.112. The Kier molecular flexibility index (Phi) is 9.65. The summed E-state index contributed by atoms with van der Waals surface area (Å²) >= 11 is 0. The Bertz CT molecular complexity index is 173. The molecular formula is C17H38O. The maximum atomic E-state index is 9.06. The van der Waals surface area contributed by atoms with Crippen LogP contribution in [0.3, 0.4) is 0 Å². The van der Waals surface area contributed by atoms with Gasteiger partial charge in [0.05, 0.1) is 6.10 Å². The van der Waals surface area contributed by atoms with E-state index in [1.807, 2.05) is 0 Å². The van der Waals surface area contributed by atoms with Gasteiger partial charge in [-0.15, -0.1) is 0 Å². The molecule has 0 unspecified atom stereocenters. The summed E-state index contributed by atoms with van der Waals surface area (Å²) in [6.07, 6.45) is 9.25. The highest BCUT2D eigenvalue weighted by Gasteiger charge is 2.14. The zero-order chi connectivity index (χ0) is 13.4. The van der Waals surface area contributed by atoms with Crippen molar-refractivity contribution in [3.63, 3.8) is 0 Å². The van der Waals surface area contributed by atoms with E-state index in [-0.39, 0.29) is 21.0 Å². The van der Waals surface area contributed by atoms with E-state index in [1.54, 1.807) is 0 Å². The molecule has 0 radical (unpaired) electrons. The van der Waals surface area contributed by atoms with Gasteiger partial charge in [-0.1, -0.05) is 61.3 Å². The minimum absolute atomic E-state index is 0. The van der Waals surface area contributed by atoms with Gasteiger partial charge < -0.3 is 5.11 Å². The van der Waals surface area contributed by atoms with Crippen LogP contribution in [0.4, 0.5) is 0 Å². The van der Waals surface area contributed by atoms with Crippen LogP contribution in [0.1, 0.15) is 89.7 Å². The van der Waals surface area contributed by atoms with Crippen molar-refractivity contribution in [2.45, 2.75) is 93.0 Å². The molecule has 2 fully saturated rings. The summed E-state index contributed by atoms with van der Waals surface area (Å²) in [6, 6.07) is 0. The van der Waals surface area contributed by atoms with E-state index >= 15 is 0 Å². The fraction of sp³-hybridized carbons (Fsp3) is 1.00. The van der Waals surface area contributed by atoms with Crippen molar-refractivity contribution in [3.8, 4) is 0 Å². The van der Waals surface area contributed by atoms with E-state index in [2.05, 4.69) is 6.92 Å². The summed E-state index contributed by atoms with van der Waals surface area (Å²) in [5, 5.41) is 9.06. The summed E-state index contributed by atoms with van der Waals surface area (Å²) < 4.78 is 14.2. The molecule has 0 aromatic carbocycles. The van der Waals surface area contributed by atoms with Crippen LogP contribution in [0, 0.1) is 17.8 Å². The van der Waals surface area contributed by atoms with Gasteiger partial charge >= 0.3 is 0 Å². The molecule has 0 spiro atoms. The SMILES string of the molecule is C.C.[3H]CC1CCC(C)CC1.[3H]CC1CCC(O)CC1. The maximum Gasteiger partial charge on any atom is 0.0540 e. The van der Waals surface area contributed by atoms with E-state index in [1.165, 1.54) is 25.7 Å². The minimum atomic E-state index is -0.0622. The number of hydrogen-bond acceptors (Lipinski definition) is 1. The Hall–Kier alpha value is -0.0400. The van der Waals surface area contributed by atoms with Gasteiger partial charge in [0.25, 0.3) is 0 Å². The number of hydrogen-bond donors (Lipinski definition) is 1. The minimum Gasteiger partial charge on any atom is -0.393 e. The standard InChI is InChI=1S/C8H16.C7H14O.2CH4/c1-7-3-5-8(2)6-4-7;1-6-2-4-7(8)5-3-6;;/h7-8H,3-6H2,1-2H3;6-8H,2-5H2,1H3;2*1H4/i2*1T;;. The van der Waals surface area contributed by atoms with Gasteiger partial charge in [-0.05, 0) is 43.4 Å². The highest BCUT2D eigenvalue weighted by atomic mass is 16.3. The van der Waals surface area contributed by atoms with E-state index in [9.17, 15) is 0 Å². The van der Waals surface area contributed by atoms with Gasteiger partial charge in [-0.25, -0.2) is 0 Å². The first-order valence-electron chi connectivity index (χ1n) is 8.33. The first kappa shape index (κ1) is 16.0. The molecule has 2 saturated carbocycles. The number of aliphatic hydroxyl groups excluding tert-OH is 1. The monoisotopic (exact) mass is 262 g/mol. The molecule has 112 valence electrons. The van der Waals surface area contributed by atoms with E-state index in [4.69, 9.17) is 7.85 Å². The zero-order valence-corrected chi connectivity index (χ0v) is 10.8. The molecule has 18 heavy (non-hydrogen) atoms. The molecule has 0 aromatic rings. The number of rotatable bonds is 0. The van der Waals surface area contributed by atoms with Gasteiger partial charge in [-0.2, -0.15) is 0 Å². The average molecular weight is 263 g/mol. The third-order valence-electron chi connectivity index (χ3n) is 3.95. The molecule has 2 aliphatic carbocycles. The van der Waals surface area contributed by atoms with Crippen molar-refractivity contribution < 1.29 is 7.85 Å². The first-order chi connectivity index (χ1) is 8.65. The molecule has 2 rings (SSSR count). The lowest BCUT2D eigenvalue weighted by atomic mass is 9.84. The van der Waals surface area contributed by atoms with Crippen LogP contribution in [0.15, 0.2) is 0 Å². The fourth-order valence-electron chi connectivity index (χ4n) is 2.47. The maximum absolute atomic E-state index is 9.06. The first-order valence-corrected chi connectivity index (χ1v) is 6.92. The highest BCUT2D eigenvalue weighted by molar-refractivity contribution is 4.67. The second-order valence-electron chi connectivity index (χ2n) is 5.80.